The standard InChI is InChI=1S/C28H46O3/c1-18(13-15-27(4,5)31)19(2)23-11-12-24-22(8-7-14-28(23,24)6)10-9-21-16-25(29)20(3)26(30)17-21/h9-10,18-19,23-26,29-31H,3,7-8,11-17H2,1-2,4-6H3/t18-,19-,23+,24?,25+,26+,28+/m0/s1. The minimum Gasteiger partial charge on any atom is -0.390 e. The Morgan fingerprint density at radius 2 is 1.77 bits per heavy atom. The van der Waals surface area contributed by atoms with E-state index in [0.29, 0.717) is 41.6 Å². The summed E-state index contributed by atoms with van der Waals surface area (Å²) < 4.78 is 0. The van der Waals surface area contributed by atoms with Gasteiger partial charge in [0.1, 0.15) is 0 Å². The van der Waals surface area contributed by atoms with Crippen LogP contribution in [0, 0.1) is 29.1 Å². The van der Waals surface area contributed by atoms with Gasteiger partial charge in [-0.2, -0.15) is 0 Å². The molecule has 0 heterocycles. The van der Waals surface area contributed by atoms with Crippen molar-refractivity contribution in [3.05, 3.63) is 35.5 Å². The maximum absolute atomic E-state index is 10.2. The van der Waals surface area contributed by atoms with Gasteiger partial charge in [-0.25, -0.2) is 0 Å². The second kappa shape index (κ2) is 9.53. The molecule has 3 aliphatic rings. The molecule has 3 rings (SSSR count). The number of allylic oxidation sites excluding steroid dienone is 3. The zero-order valence-corrected chi connectivity index (χ0v) is 20.5. The van der Waals surface area contributed by atoms with Crippen molar-refractivity contribution in [1.82, 2.24) is 0 Å². The molecule has 31 heavy (non-hydrogen) atoms. The van der Waals surface area contributed by atoms with Crippen LogP contribution in [0.1, 0.15) is 92.4 Å². The summed E-state index contributed by atoms with van der Waals surface area (Å²) in [6, 6.07) is 0. The van der Waals surface area contributed by atoms with Gasteiger partial charge < -0.3 is 15.3 Å². The predicted molar refractivity (Wildman–Crippen MR) is 129 cm³/mol. The maximum Gasteiger partial charge on any atom is 0.0809 e. The summed E-state index contributed by atoms with van der Waals surface area (Å²) in [5.74, 6) is 2.69. The Labute approximate surface area is 190 Å². The fraction of sp³-hybridized carbons (Fsp3) is 0.786. The van der Waals surface area contributed by atoms with Crippen LogP contribution in [0.15, 0.2) is 35.5 Å². The number of hydrogen-bond donors (Lipinski definition) is 3. The van der Waals surface area contributed by atoms with E-state index in [1.54, 1.807) is 5.57 Å². The fourth-order valence-electron chi connectivity index (χ4n) is 6.81. The van der Waals surface area contributed by atoms with Gasteiger partial charge in [-0.15, -0.1) is 0 Å². The van der Waals surface area contributed by atoms with Gasteiger partial charge in [0.25, 0.3) is 0 Å². The van der Waals surface area contributed by atoms with Crippen LogP contribution in [0.4, 0.5) is 0 Å². The van der Waals surface area contributed by atoms with E-state index in [1.807, 2.05) is 13.8 Å². The summed E-state index contributed by atoms with van der Waals surface area (Å²) in [6.45, 7) is 15.0. The number of aliphatic hydroxyl groups is 3. The lowest BCUT2D eigenvalue weighted by atomic mass is 9.59. The third-order valence-electron chi connectivity index (χ3n) is 9.08. The topological polar surface area (TPSA) is 60.7 Å². The molecule has 0 saturated heterocycles. The SMILES string of the molecule is C=C1[C@H](O)CC(=CC=C2CCC[C@@]3(C)C2CC[C@@H]3[C@@H](C)[C@@H](C)CCC(C)(C)O)C[C@H]1O. The Hall–Kier alpha value is -0.900. The van der Waals surface area contributed by atoms with E-state index in [0.717, 1.165) is 24.3 Å². The molecule has 1 unspecified atom stereocenters. The van der Waals surface area contributed by atoms with Crippen molar-refractivity contribution in [2.24, 2.45) is 29.1 Å². The highest BCUT2D eigenvalue weighted by Crippen LogP contribution is 2.60. The van der Waals surface area contributed by atoms with Crippen molar-refractivity contribution >= 4 is 0 Å². The van der Waals surface area contributed by atoms with E-state index >= 15 is 0 Å². The molecule has 3 saturated carbocycles. The van der Waals surface area contributed by atoms with Crippen LogP contribution >= 0.6 is 0 Å². The monoisotopic (exact) mass is 430 g/mol. The van der Waals surface area contributed by atoms with E-state index in [4.69, 9.17) is 0 Å². The normalized spacial score (nSPS) is 37.6. The van der Waals surface area contributed by atoms with Crippen molar-refractivity contribution in [3.63, 3.8) is 0 Å². The molecule has 0 aromatic carbocycles. The van der Waals surface area contributed by atoms with E-state index < -0.39 is 17.8 Å². The minimum absolute atomic E-state index is 0.366. The Balaban J connectivity index is 1.71. The van der Waals surface area contributed by atoms with Gasteiger partial charge in [-0.3, -0.25) is 0 Å². The van der Waals surface area contributed by atoms with Crippen LogP contribution in [-0.4, -0.2) is 33.1 Å². The molecule has 0 radical (unpaired) electrons. The van der Waals surface area contributed by atoms with E-state index in [-0.39, 0.29) is 0 Å². The van der Waals surface area contributed by atoms with Crippen molar-refractivity contribution < 1.29 is 15.3 Å². The van der Waals surface area contributed by atoms with Crippen molar-refractivity contribution in [2.45, 2.75) is 110 Å². The molecule has 0 aromatic heterocycles. The highest BCUT2D eigenvalue weighted by Gasteiger charge is 2.51. The van der Waals surface area contributed by atoms with Crippen LogP contribution in [0.25, 0.3) is 0 Å². The number of fused-ring (bicyclic) bond motifs is 1. The first-order valence-electron chi connectivity index (χ1n) is 12.6. The summed E-state index contributed by atoms with van der Waals surface area (Å²) in [7, 11) is 0. The van der Waals surface area contributed by atoms with Gasteiger partial charge in [-0.1, -0.05) is 50.6 Å². The third kappa shape index (κ3) is 5.54. The van der Waals surface area contributed by atoms with Crippen molar-refractivity contribution in [3.8, 4) is 0 Å². The summed E-state index contributed by atoms with van der Waals surface area (Å²) in [6.07, 6.45) is 12.8. The summed E-state index contributed by atoms with van der Waals surface area (Å²) in [5.41, 5.74) is 3.06. The molecule has 7 atom stereocenters. The number of aliphatic hydroxyl groups excluding tert-OH is 2. The quantitative estimate of drug-likeness (QED) is 0.456. The molecule has 3 N–H and O–H groups in total. The molecule has 176 valence electrons. The second-order valence-electron chi connectivity index (χ2n) is 11.9. The Bertz CT molecular complexity index is 696. The van der Waals surface area contributed by atoms with Gasteiger partial charge in [0, 0.05) is 0 Å². The van der Waals surface area contributed by atoms with E-state index in [1.165, 1.54) is 32.1 Å². The minimum atomic E-state index is -0.618. The molecule has 0 aliphatic heterocycles. The van der Waals surface area contributed by atoms with Crippen molar-refractivity contribution in [1.29, 1.82) is 0 Å². The largest absolute Gasteiger partial charge is 0.390 e. The smallest absolute Gasteiger partial charge is 0.0809 e. The highest BCUT2D eigenvalue weighted by atomic mass is 16.3. The predicted octanol–water partition coefficient (Wildman–Crippen LogP) is 5.95. The second-order valence-corrected chi connectivity index (χ2v) is 11.9. The fourth-order valence-corrected chi connectivity index (χ4v) is 6.81. The lowest BCUT2D eigenvalue weighted by Crippen LogP contribution is -2.37. The molecule has 3 nitrogen and oxygen atoms in total. The first-order chi connectivity index (χ1) is 14.4. The Kier molecular flexibility index (Phi) is 7.61. The third-order valence-corrected chi connectivity index (χ3v) is 9.08. The van der Waals surface area contributed by atoms with E-state index in [9.17, 15) is 15.3 Å². The first kappa shape index (κ1) is 24.7. The molecule has 3 heteroatoms. The Morgan fingerprint density at radius 3 is 2.39 bits per heavy atom. The molecule has 0 spiro atoms. The average Bonchev–Trinajstić information content (AvgIpc) is 3.04. The zero-order chi connectivity index (χ0) is 23.0. The van der Waals surface area contributed by atoms with Crippen LogP contribution in [0.5, 0.6) is 0 Å². The van der Waals surface area contributed by atoms with Gasteiger partial charge in [0.05, 0.1) is 17.8 Å². The molecular formula is C28H46O3. The lowest BCUT2D eigenvalue weighted by Gasteiger charge is -2.45. The molecule has 3 fully saturated rings. The average molecular weight is 431 g/mol. The van der Waals surface area contributed by atoms with Crippen LogP contribution in [0.3, 0.4) is 0 Å². The molecule has 0 amide bonds. The van der Waals surface area contributed by atoms with Gasteiger partial charge in [0.2, 0.25) is 0 Å². The first-order valence-corrected chi connectivity index (χ1v) is 12.6. The summed E-state index contributed by atoms with van der Waals surface area (Å²) in [4.78, 5) is 0. The zero-order valence-electron chi connectivity index (χ0n) is 20.5. The van der Waals surface area contributed by atoms with Gasteiger partial charge in [0.15, 0.2) is 0 Å². The molecule has 3 aliphatic carbocycles. The summed E-state index contributed by atoms with van der Waals surface area (Å²) in [5, 5.41) is 30.5. The number of rotatable bonds is 6. The molecule has 0 bridgehead atoms. The van der Waals surface area contributed by atoms with Crippen LogP contribution < -0.4 is 0 Å². The maximum atomic E-state index is 10.2. The van der Waals surface area contributed by atoms with E-state index in [2.05, 4.69) is 39.5 Å². The van der Waals surface area contributed by atoms with Gasteiger partial charge in [-0.05, 0) is 106 Å². The van der Waals surface area contributed by atoms with Crippen LogP contribution in [-0.2, 0) is 0 Å². The van der Waals surface area contributed by atoms with Gasteiger partial charge >= 0.3 is 0 Å². The lowest BCUT2D eigenvalue weighted by molar-refractivity contribution is 0.0447. The molecule has 0 aromatic rings. The van der Waals surface area contributed by atoms with Crippen molar-refractivity contribution in [2.75, 3.05) is 0 Å². The number of hydrogen-bond acceptors (Lipinski definition) is 3. The van der Waals surface area contributed by atoms with Crippen LogP contribution in [0.2, 0.25) is 0 Å². The summed E-state index contributed by atoms with van der Waals surface area (Å²) >= 11 is 0. The highest BCUT2D eigenvalue weighted by molar-refractivity contribution is 5.29. The Morgan fingerprint density at radius 1 is 1.13 bits per heavy atom. The molecular weight excluding hydrogens is 384 g/mol.